The molecule has 2 rings (SSSR count). The van der Waals surface area contributed by atoms with Gasteiger partial charge in [0.15, 0.2) is 5.65 Å². The van der Waals surface area contributed by atoms with Gasteiger partial charge < -0.3 is 4.90 Å². The van der Waals surface area contributed by atoms with Crippen LogP contribution in [0.2, 0.25) is 0 Å². The minimum Gasteiger partial charge on any atom is -0.345 e. The number of fused-ring (bicyclic) bond motifs is 1. The van der Waals surface area contributed by atoms with E-state index in [1.807, 2.05) is 6.92 Å². The quantitative estimate of drug-likeness (QED) is 0.688. The second kappa shape index (κ2) is 3.34. The van der Waals surface area contributed by atoms with Gasteiger partial charge in [-0.3, -0.25) is 9.20 Å². The van der Waals surface area contributed by atoms with Crippen molar-refractivity contribution in [2.24, 2.45) is 0 Å². The molecule has 0 N–H and O–H groups in total. The Bertz CT molecular complexity index is 515. The summed E-state index contributed by atoms with van der Waals surface area (Å²) in [7, 11) is 3.46. The number of nitrogens with zero attached hydrogens (tertiary/aromatic N) is 4. The maximum Gasteiger partial charge on any atom is 0.254 e. The van der Waals surface area contributed by atoms with Gasteiger partial charge in [0.25, 0.3) is 5.91 Å². The summed E-state index contributed by atoms with van der Waals surface area (Å²) in [5.41, 5.74) is 1.39. The van der Waals surface area contributed by atoms with E-state index in [0.29, 0.717) is 5.56 Å². The minimum absolute atomic E-state index is 0.0231. The van der Waals surface area contributed by atoms with E-state index < -0.39 is 0 Å². The van der Waals surface area contributed by atoms with Crippen molar-refractivity contribution in [3.8, 4) is 0 Å². The third-order valence-corrected chi connectivity index (χ3v) is 2.23. The van der Waals surface area contributed by atoms with Gasteiger partial charge in [0.05, 0.1) is 5.56 Å². The molecule has 15 heavy (non-hydrogen) atoms. The molecule has 0 saturated carbocycles. The first-order chi connectivity index (χ1) is 7.09. The molecule has 0 aliphatic carbocycles. The molecule has 2 heterocycles. The van der Waals surface area contributed by atoms with E-state index in [1.54, 1.807) is 41.7 Å². The highest BCUT2D eigenvalue weighted by atomic mass is 16.2. The van der Waals surface area contributed by atoms with Crippen LogP contribution in [0.3, 0.4) is 0 Å². The molecule has 0 bridgehead atoms. The highest BCUT2D eigenvalue weighted by molar-refractivity contribution is 5.93. The van der Waals surface area contributed by atoms with Crippen LogP contribution in [0.25, 0.3) is 5.65 Å². The predicted molar refractivity (Wildman–Crippen MR) is 55.7 cm³/mol. The molecular formula is C10H12N4O. The highest BCUT2D eigenvalue weighted by Crippen LogP contribution is 2.07. The summed E-state index contributed by atoms with van der Waals surface area (Å²) < 4.78 is 1.80. The van der Waals surface area contributed by atoms with Crippen molar-refractivity contribution < 1.29 is 4.79 Å². The third-order valence-electron chi connectivity index (χ3n) is 2.23. The largest absolute Gasteiger partial charge is 0.345 e. The van der Waals surface area contributed by atoms with Crippen LogP contribution in [0.4, 0.5) is 0 Å². The van der Waals surface area contributed by atoms with Crippen molar-refractivity contribution in [3.63, 3.8) is 0 Å². The Morgan fingerprint density at radius 1 is 1.33 bits per heavy atom. The molecule has 0 unspecified atom stereocenters. The summed E-state index contributed by atoms with van der Waals surface area (Å²) in [6.45, 7) is 1.85. The molecule has 78 valence electrons. The second-order valence-electron chi connectivity index (χ2n) is 3.59. The van der Waals surface area contributed by atoms with Crippen molar-refractivity contribution in [1.82, 2.24) is 19.5 Å². The van der Waals surface area contributed by atoms with E-state index in [1.165, 1.54) is 0 Å². The van der Waals surface area contributed by atoms with Crippen molar-refractivity contribution >= 4 is 11.6 Å². The summed E-state index contributed by atoms with van der Waals surface area (Å²) in [6.07, 6.45) is 1.76. The number of carbonyl (C=O) groups excluding carboxylic acids is 1. The van der Waals surface area contributed by atoms with Gasteiger partial charge in [0, 0.05) is 20.3 Å². The molecule has 0 fully saturated rings. The van der Waals surface area contributed by atoms with Crippen LogP contribution in [0.5, 0.6) is 0 Å². The molecule has 0 spiro atoms. The zero-order chi connectivity index (χ0) is 11.0. The number of rotatable bonds is 1. The van der Waals surface area contributed by atoms with E-state index in [9.17, 15) is 4.79 Å². The van der Waals surface area contributed by atoms with Crippen molar-refractivity contribution in [3.05, 3.63) is 29.7 Å². The Kier molecular flexibility index (Phi) is 2.15. The van der Waals surface area contributed by atoms with Crippen LogP contribution < -0.4 is 0 Å². The zero-order valence-corrected chi connectivity index (χ0v) is 8.93. The number of aryl methyl sites for hydroxylation is 1. The summed E-state index contributed by atoms with van der Waals surface area (Å²) >= 11 is 0. The number of amides is 1. The van der Waals surface area contributed by atoms with Gasteiger partial charge in [0.2, 0.25) is 0 Å². The average molecular weight is 204 g/mol. The fraction of sp³-hybridized carbons (Fsp3) is 0.300. The van der Waals surface area contributed by atoms with E-state index in [2.05, 4.69) is 10.2 Å². The summed E-state index contributed by atoms with van der Waals surface area (Å²) in [4.78, 5) is 13.2. The molecule has 2 aromatic heterocycles. The fourth-order valence-corrected chi connectivity index (χ4v) is 1.39. The third kappa shape index (κ3) is 1.56. The van der Waals surface area contributed by atoms with Gasteiger partial charge in [-0.1, -0.05) is 0 Å². The maximum atomic E-state index is 11.7. The van der Waals surface area contributed by atoms with Crippen LogP contribution >= 0.6 is 0 Å². The smallest absolute Gasteiger partial charge is 0.254 e. The lowest BCUT2D eigenvalue weighted by atomic mass is 10.2. The molecule has 0 aliphatic rings. The first-order valence-corrected chi connectivity index (χ1v) is 4.62. The minimum atomic E-state index is -0.0231. The Hall–Kier alpha value is -1.91. The van der Waals surface area contributed by atoms with Crippen molar-refractivity contribution in [2.75, 3.05) is 14.1 Å². The zero-order valence-electron chi connectivity index (χ0n) is 8.93. The first kappa shape index (κ1) is 9.64. The number of pyridine rings is 1. The average Bonchev–Trinajstić information content (AvgIpc) is 2.59. The van der Waals surface area contributed by atoms with E-state index >= 15 is 0 Å². The molecular weight excluding hydrogens is 192 g/mol. The van der Waals surface area contributed by atoms with Crippen molar-refractivity contribution in [2.45, 2.75) is 6.92 Å². The lowest BCUT2D eigenvalue weighted by Gasteiger charge is -2.10. The van der Waals surface area contributed by atoms with Gasteiger partial charge in [-0.15, -0.1) is 10.2 Å². The molecule has 0 aliphatic heterocycles. The SMILES string of the molecule is Cc1nnc2ccc(C(=O)N(C)C)cn12. The van der Waals surface area contributed by atoms with Crippen LogP contribution in [0.1, 0.15) is 16.2 Å². The molecule has 5 heteroatoms. The van der Waals surface area contributed by atoms with E-state index in [0.717, 1.165) is 11.5 Å². The molecule has 5 nitrogen and oxygen atoms in total. The first-order valence-electron chi connectivity index (χ1n) is 4.62. The van der Waals surface area contributed by atoms with Gasteiger partial charge in [0.1, 0.15) is 5.82 Å². The Labute approximate surface area is 87.3 Å². The van der Waals surface area contributed by atoms with Gasteiger partial charge in [-0.05, 0) is 19.1 Å². The predicted octanol–water partition coefficient (Wildman–Crippen LogP) is 0.740. The maximum absolute atomic E-state index is 11.7. The Morgan fingerprint density at radius 3 is 2.73 bits per heavy atom. The standard InChI is InChI=1S/C10H12N4O/c1-7-11-12-9-5-4-8(6-14(7)9)10(15)13(2)3/h4-6H,1-3H3. The van der Waals surface area contributed by atoms with Gasteiger partial charge in [-0.25, -0.2) is 0 Å². The van der Waals surface area contributed by atoms with Crippen LogP contribution in [-0.4, -0.2) is 39.5 Å². The second-order valence-corrected chi connectivity index (χ2v) is 3.59. The molecule has 0 aromatic carbocycles. The number of carbonyl (C=O) groups is 1. The summed E-state index contributed by atoms with van der Waals surface area (Å²) in [5.74, 6) is 0.753. The van der Waals surface area contributed by atoms with E-state index in [-0.39, 0.29) is 5.91 Å². The molecule has 0 atom stereocenters. The molecule has 0 radical (unpaired) electrons. The summed E-state index contributed by atoms with van der Waals surface area (Å²) in [5, 5.41) is 7.88. The topological polar surface area (TPSA) is 50.5 Å². The lowest BCUT2D eigenvalue weighted by molar-refractivity contribution is 0.0827. The number of hydrogen-bond acceptors (Lipinski definition) is 3. The summed E-state index contributed by atoms with van der Waals surface area (Å²) in [6, 6.07) is 3.54. The molecule has 2 aromatic rings. The monoisotopic (exact) mass is 204 g/mol. The lowest BCUT2D eigenvalue weighted by Crippen LogP contribution is -2.21. The van der Waals surface area contributed by atoms with Crippen LogP contribution in [-0.2, 0) is 0 Å². The molecule has 1 amide bonds. The van der Waals surface area contributed by atoms with Crippen LogP contribution in [0, 0.1) is 6.92 Å². The normalized spacial score (nSPS) is 10.6. The van der Waals surface area contributed by atoms with Gasteiger partial charge in [-0.2, -0.15) is 0 Å². The van der Waals surface area contributed by atoms with Gasteiger partial charge >= 0.3 is 0 Å². The van der Waals surface area contributed by atoms with E-state index in [4.69, 9.17) is 0 Å². The molecule has 0 saturated heterocycles. The highest BCUT2D eigenvalue weighted by Gasteiger charge is 2.09. The Balaban J connectivity index is 2.55. The number of hydrogen-bond donors (Lipinski definition) is 0. The number of aromatic nitrogens is 3. The van der Waals surface area contributed by atoms with Crippen LogP contribution in [0.15, 0.2) is 18.3 Å². The fourth-order valence-electron chi connectivity index (χ4n) is 1.39. The van der Waals surface area contributed by atoms with Crippen molar-refractivity contribution in [1.29, 1.82) is 0 Å². The Morgan fingerprint density at radius 2 is 2.07 bits per heavy atom.